The fraction of sp³-hybridized carbons (Fsp3) is 0.600. The van der Waals surface area contributed by atoms with Gasteiger partial charge in [-0.05, 0) is 25.8 Å². The number of guanidine groups is 1. The predicted octanol–water partition coefficient (Wildman–Crippen LogP) is -8.23. The largest absolute Gasteiger partial charge is 0.394 e. The smallest absolute Gasteiger partial charge is 0.316 e. The van der Waals surface area contributed by atoms with Crippen molar-refractivity contribution in [1.29, 1.82) is 0 Å². The van der Waals surface area contributed by atoms with E-state index in [1.165, 1.54) is 0 Å². The van der Waals surface area contributed by atoms with Crippen LogP contribution in [0, 0.1) is 0 Å². The zero-order valence-corrected chi connectivity index (χ0v) is 25.5. The van der Waals surface area contributed by atoms with Crippen LogP contribution >= 0.6 is 0 Å². The van der Waals surface area contributed by atoms with Crippen molar-refractivity contribution in [3.05, 3.63) is 11.9 Å². The molecule has 1 saturated heterocycles. The van der Waals surface area contributed by atoms with Crippen molar-refractivity contribution in [2.75, 3.05) is 32.8 Å². The van der Waals surface area contributed by atoms with Gasteiger partial charge in [0.1, 0.15) is 29.9 Å². The molecule has 1 fully saturated rings. The van der Waals surface area contributed by atoms with Crippen LogP contribution in [0.1, 0.15) is 25.7 Å². The number of carbonyl (C=O) groups is 7. The third-order valence-electron chi connectivity index (χ3n) is 6.90. The minimum atomic E-state index is -1.63. The molecule has 2 aliphatic heterocycles. The molecule has 0 radical (unpaired) electrons. The lowest BCUT2D eigenvalue weighted by Crippen LogP contribution is -2.64. The topological polar surface area (TPSA) is 378 Å². The standard InChI is InChI=1S/C25H44N14O8/c26-4-1-2-11(27)6-17(41)32-8-14-20(43)35-15(9-34-25(30)47)21(44)39-18(13-3-5-31-24(29)38-13)23(46)33-7-12(28)19(42)37-16(10-40)22(45)36-14/h9,11-14,16,18,40H,1-8,10,26-28H2,(H,32,41)(H,33,46)(H,35,43)(H,36,45)(H,37,42)(H,39,44)(H3,29,31,38)(H3,30,34,47)/b15-9-/t11-,12-,13+,14?,16-,18?/m0/s1. The monoisotopic (exact) mass is 668 g/mol. The van der Waals surface area contributed by atoms with E-state index in [9.17, 15) is 38.7 Å². The van der Waals surface area contributed by atoms with E-state index in [0.717, 1.165) is 6.20 Å². The van der Waals surface area contributed by atoms with Crippen molar-refractivity contribution in [2.45, 2.75) is 61.9 Å². The average molecular weight is 669 g/mol. The number of urea groups is 1. The highest BCUT2D eigenvalue weighted by atomic mass is 16.3. The van der Waals surface area contributed by atoms with E-state index < -0.39 is 103 Å². The van der Waals surface area contributed by atoms with Gasteiger partial charge in [-0.3, -0.25) is 33.8 Å². The third kappa shape index (κ3) is 12.7. The first kappa shape index (κ1) is 38.1. The Bertz CT molecular complexity index is 1240. The number of aliphatic hydroxyl groups is 1. The predicted molar refractivity (Wildman–Crippen MR) is 165 cm³/mol. The van der Waals surface area contributed by atoms with Crippen LogP contribution in [-0.4, -0.2) is 122 Å². The van der Waals surface area contributed by atoms with E-state index in [-0.39, 0.29) is 25.3 Å². The van der Waals surface area contributed by atoms with Crippen molar-refractivity contribution >= 4 is 47.4 Å². The van der Waals surface area contributed by atoms with Gasteiger partial charge in [0.2, 0.25) is 29.5 Å². The molecule has 2 unspecified atom stereocenters. The van der Waals surface area contributed by atoms with Gasteiger partial charge in [0, 0.05) is 38.3 Å². The Morgan fingerprint density at radius 3 is 2.36 bits per heavy atom. The van der Waals surface area contributed by atoms with Crippen LogP contribution in [0.5, 0.6) is 0 Å². The summed E-state index contributed by atoms with van der Waals surface area (Å²) in [4.78, 5) is 93.9. The second-order valence-electron chi connectivity index (χ2n) is 10.7. The Balaban J connectivity index is 2.45. The molecule has 22 heteroatoms. The fourth-order valence-corrected chi connectivity index (χ4v) is 4.35. The summed E-state index contributed by atoms with van der Waals surface area (Å²) in [5.74, 6) is -5.62. The van der Waals surface area contributed by atoms with E-state index >= 15 is 0 Å². The van der Waals surface area contributed by atoms with Crippen molar-refractivity contribution in [2.24, 2.45) is 33.7 Å². The summed E-state index contributed by atoms with van der Waals surface area (Å²) in [7, 11) is 0. The molecular formula is C25H44N14O8. The number of hydrogen-bond acceptors (Lipinski definition) is 14. The van der Waals surface area contributed by atoms with Gasteiger partial charge < -0.3 is 76.3 Å². The van der Waals surface area contributed by atoms with Gasteiger partial charge in [-0.15, -0.1) is 0 Å². The van der Waals surface area contributed by atoms with Crippen molar-refractivity contribution < 1.29 is 38.7 Å². The highest BCUT2D eigenvalue weighted by Gasteiger charge is 2.35. The van der Waals surface area contributed by atoms with Crippen LogP contribution in [0.4, 0.5) is 4.79 Å². The van der Waals surface area contributed by atoms with Gasteiger partial charge in [0.15, 0.2) is 5.96 Å². The van der Waals surface area contributed by atoms with Crippen molar-refractivity contribution in [1.82, 2.24) is 42.5 Å². The van der Waals surface area contributed by atoms with Gasteiger partial charge >= 0.3 is 6.03 Å². The first-order valence-corrected chi connectivity index (χ1v) is 14.7. The van der Waals surface area contributed by atoms with Crippen molar-refractivity contribution in [3.8, 4) is 0 Å². The number of carbonyl (C=O) groups excluding carboxylic acids is 7. The van der Waals surface area contributed by atoms with Crippen LogP contribution in [0.15, 0.2) is 16.9 Å². The summed E-state index contributed by atoms with van der Waals surface area (Å²) in [5, 5.41) is 28.7. The summed E-state index contributed by atoms with van der Waals surface area (Å²) in [5.41, 5.74) is 27.6. The number of aliphatic hydroxyl groups excluding tert-OH is 1. The third-order valence-corrected chi connectivity index (χ3v) is 6.90. The summed E-state index contributed by atoms with van der Waals surface area (Å²) in [6, 6.07) is -8.54. The number of primary amides is 1. The van der Waals surface area contributed by atoms with Gasteiger partial charge in [0.05, 0.1) is 12.6 Å². The molecule has 262 valence electrons. The molecule has 0 aromatic heterocycles. The molecule has 0 spiro atoms. The highest BCUT2D eigenvalue weighted by Crippen LogP contribution is 2.07. The molecule has 0 aromatic rings. The number of amides is 8. The summed E-state index contributed by atoms with van der Waals surface area (Å²) < 4.78 is 0. The van der Waals surface area contributed by atoms with Gasteiger partial charge in [-0.25, -0.2) is 4.79 Å². The maximum Gasteiger partial charge on any atom is 0.316 e. The van der Waals surface area contributed by atoms with Crippen LogP contribution < -0.4 is 71.2 Å². The molecule has 2 aliphatic rings. The maximum atomic E-state index is 13.5. The Morgan fingerprint density at radius 2 is 1.72 bits per heavy atom. The van der Waals surface area contributed by atoms with E-state index in [0.29, 0.717) is 19.4 Å². The Morgan fingerprint density at radius 1 is 1.02 bits per heavy atom. The zero-order chi connectivity index (χ0) is 35.1. The molecule has 19 N–H and O–H groups in total. The van der Waals surface area contributed by atoms with Crippen LogP contribution in [0.3, 0.4) is 0 Å². The molecular weight excluding hydrogens is 624 g/mol. The van der Waals surface area contributed by atoms with E-state index in [4.69, 9.17) is 28.7 Å². The van der Waals surface area contributed by atoms with E-state index in [1.54, 1.807) is 0 Å². The highest BCUT2D eigenvalue weighted by molar-refractivity contribution is 6.02. The second kappa shape index (κ2) is 18.8. The van der Waals surface area contributed by atoms with Crippen LogP contribution in [0.2, 0.25) is 0 Å². The van der Waals surface area contributed by atoms with Crippen molar-refractivity contribution in [3.63, 3.8) is 0 Å². The van der Waals surface area contributed by atoms with Gasteiger partial charge in [-0.2, -0.15) is 0 Å². The molecule has 0 bridgehead atoms. The lowest BCUT2D eigenvalue weighted by atomic mass is 10.0. The number of aliphatic imine (C=N–C) groups is 1. The van der Waals surface area contributed by atoms with Crippen LogP contribution in [0.25, 0.3) is 0 Å². The number of hydrogen-bond donors (Lipinski definition) is 14. The Labute approximate surface area is 269 Å². The quantitative estimate of drug-likeness (QED) is 0.0963. The SMILES string of the molecule is NCCC[C@H](N)CC(=O)NCC1NC(=O)[C@H](CO)NC(=O)[C@@H](N)CNC(=O)C([C@H]2CCN=C(N)N2)NC(=O)/C(=C/NC(N)=O)NC1=O. The molecule has 8 amide bonds. The molecule has 2 heterocycles. The minimum absolute atomic E-state index is 0.0120. The lowest BCUT2D eigenvalue weighted by molar-refractivity contribution is -0.134. The molecule has 0 aliphatic carbocycles. The Kier molecular flexibility index (Phi) is 15.2. The number of rotatable bonds is 10. The molecule has 47 heavy (non-hydrogen) atoms. The minimum Gasteiger partial charge on any atom is -0.394 e. The first-order chi connectivity index (χ1) is 22.2. The molecule has 2 rings (SSSR count). The molecule has 0 saturated carbocycles. The number of nitrogens with two attached hydrogens (primary N) is 5. The molecule has 22 nitrogen and oxygen atoms in total. The maximum absolute atomic E-state index is 13.5. The lowest BCUT2D eigenvalue weighted by Gasteiger charge is -2.31. The average Bonchev–Trinajstić information content (AvgIpc) is 3.02. The molecule has 0 aromatic carbocycles. The number of nitrogens with zero attached hydrogens (tertiary/aromatic N) is 1. The number of nitrogens with one attached hydrogen (secondary N) is 8. The normalized spacial score (nSPS) is 26.3. The summed E-state index contributed by atoms with van der Waals surface area (Å²) in [6.07, 6.45) is 1.86. The Hall–Kier alpha value is -5.06. The first-order valence-electron chi connectivity index (χ1n) is 14.7. The second-order valence-corrected chi connectivity index (χ2v) is 10.7. The zero-order valence-electron chi connectivity index (χ0n) is 25.5. The molecule has 6 atom stereocenters. The fourth-order valence-electron chi connectivity index (χ4n) is 4.35. The summed E-state index contributed by atoms with van der Waals surface area (Å²) in [6.45, 7) is -1.36. The van der Waals surface area contributed by atoms with Gasteiger partial charge in [-0.1, -0.05) is 0 Å². The summed E-state index contributed by atoms with van der Waals surface area (Å²) >= 11 is 0. The van der Waals surface area contributed by atoms with Crippen LogP contribution in [-0.2, 0) is 28.8 Å². The van der Waals surface area contributed by atoms with E-state index in [1.807, 2.05) is 5.32 Å². The van der Waals surface area contributed by atoms with E-state index in [2.05, 4.69) is 42.2 Å². The van der Waals surface area contributed by atoms with Gasteiger partial charge in [0.25, 0.3) is 5.91 Å².